The number of aromatic carboxylic acids is 1. The third-order valence-corrected chi connectivity index (χ3v) is 6.87. The van der Waals surface area contributed by atoms with Crippen LogP contribution < -0.4 is 15.8 Å². The number of rotatable bonds is 5. The number of carboxylic acids is 1. The highest BCUT2D eigenvalue weighted by atomic mass is 16.6. The minimum Gasteiger partial charge on any atom is -0.504 e. The molecule has 1 saturated carbocycles. The minimum absolute atomic E-state index is 0.0887. The summed E-state index contributed by atoms with van der Waals surface area (Å²) in [6.07, 6.45) is 4.45. The number of hydrogen-bond donors (Lipinski definition) is 3. The fraction of sp³-hybridized carbons (Fsp3) is 0.577. The predicted octanol–water partition coefficient (Wildman–Crippen LogP) is 4.02. The van der Waals surface area contributed by atoms with E-state index in [1.54, 1.807) is 0 Å². The number of aromatic nitrogens is 1. The summed E-state index contributed by atoms with van der Waals surface area (Å²) in [6, 6.07) is 1.33. The molecular formula is C26H35N3O6. The topological polar surface area (TPSA) is 121 Å². The Morgan fingerprint density at radius 2 is 1.91 bits per heavy atom. The van der Waals surface area contributed by atoms with Crippen molar-refractivity contribution in [1.29, 1.82) is 0 Å². The number of alkyl carbamates (subject to hydrolysis) is 1. The molecule has 0 unspecified atom stereocenters. The van der Waals surface area contributed by atoms with Crippen LogP contribution in [-0.4, -0.2) is 51.4 Å². The van der Waals surface area contributed by atoms with Gasteiger partial charge < -0.3 is 25.2 Å². The lowest BCUT2D eigenvalue weighted by molar-refractivity contribution is 0.0493. The lowest BCUT2D eigenvalue weighted by Gasteiger charge is -2.40. The number of nitrogens with zero attached hydrogens (tertiary/aromatic N) is 2. The quantitative estimate of drug-likeness (QED) is 0.585. The van der Waals surface area contributed by atoms with E-state index in [9.17, 15) is 24.6 Å². The van der Waals surface area contributed by atoms with E-state index >= 15 is 0 Å². The summed E-state index contributed by atoms with van der Waals surface area (Å²) in [7, 11) is 0. The van der Waals surface area contributed by atoms with E-state index in [-0.39, 0.29) is 29.2 Å². The van der Waals surface area contributed by atoms with Gasteiger partial charge in [0.05, 0.1) is 23.4 Å². The Morgan fingerprint density at radius 1 is 1.23 bits per heavy atom. The summed E-state index contributed by atoms with van der Waals surface area (Å²) in [6.45, 7) is 10.6. The number of piperidine rings is 1. The number of aromatic hydroxyl groups is 1. The molecule has 1 aliphatic carbocycles. The number of fused-ring (bicyclic) bond motifs is 1. The lowest BCUT2D eigenvalue weighted by Crippen LogP contribution is -2.52. The zero-order chi connectivity index (χ0) is 25.7. The van der Waals surface area contributed by atoms with Gasteiger partial charge in [-0.25, -0.2) is 9.59 Å². The molecule has 1 aliphatic heterocycles. The molecule has 0 bridgehead atoms. The van der Waals surface area contributed by atoms with Crippen molar-refractivity contribution < 1.29 is 24.5 Å². The Morgan fingerprint density at radius 3 is 2.49 bits per heavy atom. The van der Waals surface area contributed by atoms with Gasteiger partial charge in [-0.05, 0) is 70.4 Å². The van der Waals surface area contributed by atoms with Gasteiger partial charge in [-0.3, -0.25) is 9.20 Å². The van der Waals surface area contributed by atoms with E-state index in [2.05, 4.69) is 17.1 Å². The van der Waals surface area contributed by atoms with Crippen molar-refractivity contribution in [2.45, 2.75) is 77.9 Å². The average Bonchev–Trinajstić information content (AvgIpc) is 3.58. The van der Waals surface area contributed by atoms with E-state index in [1.165, 1.54) is 16.7 Å². The average molecular weight is 486 g/mol. The Balaban J connectivity index is 1.76. The number of ether oxygens (including phenoxy) is 1. The van der Waals surface area contributed by atoms with Crippen molar-refractivity contribution in [2.75, 3.05) is 18.0 Å². The van der Waals surface area contributed by atoms with Crippen LogP contribution in [0.1, 0.15) is 80.8 Å². The highest BCUT2D eigenvalue weighted by Crippen LogP contribution is 2.45. The Hall–Kier alpha value is -3.23. The summed E-state index contributed by atoms with van der Waals surface area (Å²) in [5.74, 6) is -0.871. The minimum atomic E-state index is -1.27. The van der Waals surface area contributed by atoms with Gasteiger partial charge in [0.25, 0.3) is 5.56 Å². The van der Waals surface area contributed by atoms with Gasteiger partial charge in [0, 0.05) is 18.7 Å². The Kier molecular flexibility index (Phi) is 6.46. The monoisotopic (exact) mass is 485 g/mol. The maximum Gasteiger partial charge on any atom is 0.407 e. The van der Waals surface area contributed by atoms with Crippen LogP contribution in [0, 0.1) is 12.8 Å². The predicted molar refractivity (Wildman–Crippen MR) is 133 cm³/mol. The molecule has 9 heteroatoms. The van der Waals surface area contributed by atoms with Crippen molar-refractivity contribution in [3.63, 3.8) is 0 Å². The number of hydrogen-bond acceptors (Lipinski definition) is 6. The Bertz CT molecular complexity index is 1220. The van der Waals surface area contributed by atoms with E-state index in [4.69, 9.17) is 4.74 Å². The van der Waals surface area contributed by atoms with Crippen LogP contribution in [-0.2, 0) is 4.74 Å². The second-order valence-corrected chi connectivity index (χ2v) is 10.9. The molecule has 2 aromatic rings. The van der Waals surface area contributed by atoms with Crippen molar-refractivity contribution in [1.82, 2.24) is 9.72 Å². The van der Waals surface area contributed by atoms with Crippen LogP contribution in [0.15, 0.2) is 17.1 Å². The van der Waals surface area contributed by atoms with Gasteiger partial charge >= 0.3 is 12.1 Å². The number of carbonyl (C=O) groups is 2. The van der Waals surface area contributed by atoms with E-state index < -0.39 is 23.2 Å². The first kappa shape index (κ1) is 24.9. The van der Waals surface area contributed by atoms with Crippen molar-refractivity contribution in [3.8, 4) is 5.75 Å². The molecule has 3 heterocycles. The fourth-order valence-electron chi connectivity index (χ4n) is 5.18. The molecule has 0 radical (unpaired) electrons. The second-order valence-electron chi connectivity index (χ2n) is 10.9. The number of carboxylic acid groups (broad SMARTS) is 1. The number of nitrogens with one attached hydrogen (secondary N) is 1. The molecular weight excluding hydrogens is 450 g/mol. The van der Waals surface area contributed by atoms with Gasteiger partial charge in [0.15, 0.2) is 5.75 Å². The number of amides is 1. The molecule has 4 rings (SSSR count). The number of aryl methyl sites for hydroxylation is 1. The molecule has 0 aromatic carbocycles. The smallest absolute Gasteiger partial charge is 0.407 e. The molecule has 1 amide bonds. The van der Waals surface area contributed by atoms with Crippen LogP contribution >= 0.6 is 0 Å². The molecule has 35 heavy (non-hydrogen) atoms. The molecule has 9 nitrogen and oxygen atoms in total. The molecule has 0 spiro atoms. The molecule has 190 valence electrons. The zero-order valence-corrected chi connectivity index (χ0v) is 21.1. The Labute approximate surface area is 204 Å². The molecule has 2 aromatic heterocycles. The SMILES string of the molecule is CC[C@H]1C[C@H](NC(=O)OC(C)(C)C)CN(c2c(O)cn3c(=O)c(C(=O)O)cc(C4CC4)c3c2C)C1. The first-order valence-electron chi connectivity index (χ1n) is 12.3. The molecule has 2 fully saturated rings. The van der Waals surface area contributed by atoms with Crippen LogP contribution in [0.2, 0.25) is 0 Å². The lowest BCUT2D eigenvalue weighted by atomic mass is 9.91. The summed E-state index contributed by atoms with van der Waals surface area (Å²) < 4.78 is 6.72. The molecule has 2 aliphatic rings. The number of pyridine rings is 2. The maximum atomic E-state index is 12.9. The highest BCUT2D eigenvalue weighted by Gasteiger charge is 2.34. The highest BCUT2D eigenvalue weighted by molar-refractivity contribution is 5.89. The molecule has 1 saturated heterocycles. The maximum absolute atomic E-state index is 12.9. The second kappa shape index (κ2) is 9.09. The van der Waals surface area contributed by atoms with Crippen molar-refractivity contribution in [2.24, 2.45) is 5.92 Å². The fourth-order valence-corrected chi connectivity index (χ4v) is 5.18. The van der Waals surface area contributed by atoms with E-state index in [0.717, 1.165) is 36.8 Å². The standard InChI is InChI=1S/C26H35N3O6/c1-6-15-9-17(27-25(34)35-26(3,4)5)12-28(11-15)22-14(2)21-18(16-7-8-16)10-19(24(32)33)23(31)29(21)13-20(22)30/h10,13,15-17,30H,6-9,11-12H2,1-5H3,(H,27,34)(H,32,33)/t15-,17-/m0/s1. The first-order valence-corrected chi connectivity index (χ1v) is 12.3. The third-order valence-electron chi connectivity index (χ3n) is 6.87. The van der Waals surface area contributed by atoms with Gasteiger partial charge in [-0.15, -0.1) is 0 Å². The van der Waals surface area contributed by atoms with Crippen LogP contribution in [0.5, 0.6) is 5.75 Å². The van der Waals surface area contributed by atoms with Crippen LogP contribution in [0.4, 0.5) is 10.5 Å². The number of anilines is 1. The molecule has 3 N–H and O–H groups in total. The third kappa shape index (κ3) is 5.09. The summed E-state index contributed by atoms with van der Waals surface area (Å²) in [4.78, 5) is 39.1. The number of carbonyl (C=O) groups excluding carboxylic acids is 1. The van der Waals surface area contributed by atoms with E-state index in [1.807, 2.05) is 27.7 Å². The first-order chi connectivity index (χ1) is 16.4. The largest absolute Gasteiger partial charge is 0.504 e. The van der Waals surface area contributed by atoms with Crippen molar-refractivity contribution >= 4 is 23.3 Å². The van der Waals surface area contributed by atoms with Gasteiger partial charge in [-0.1, -0.05) is 13.3 Å². The molecule has 2 atom stereocenters. The van der Waals surface area contributed by atoms with Crippen LogP contribution in [0.3, 0.4) is 0 Å². The van der Waals surface area contributed by atoms with Gasteiger partial charge in [-0.2, -0.15) is 0 Å². The van der Waals surface area contributed by atoms with Gasteiger partial charge in [0.1, 0.15) is 11.2 Å². The van der Waals surface area contributed by atoms with E-state index in [0.29, 0.717) is 24.3 Å². The summed E-state index contributed by atoms with van der Waals surface area (Å²) in [5, 5.41) is 23.6. The zero-order valence-electron chi connectivity index (χ0n) is 21.1. The van der Waals surface area contributed by atoms with Gasteiger partial charge in [0.2, 0.25) is 0 Å². The van der Waals surface area contributed by atoms with Crippen LogP contribution in [0.25, 0.3) is 5.52 Å². The summed E-state index contributed by atoms with van der Waals surface area (Å²) >= 11 is 0. The normalized spacial score (nSPS) is 20.7. The summed E-state index contributed by atoms with van der Waals surface area (Å²) in [5.41, 5.74) is 1.28. The van der Waals surface area contributed by atoms with Crippen molar-refractivity contribution in [3.05, 3.63) is 39.3 Å².